The fourth-order valence-corrected chi connectivity index (χ4v) is 1.95. The fourth-order valence-electron chi connectivity index (χ4n) is 1.95. The van der Waals surface area contributed by atoms with Gasteiger partial charge in [-0.25, -0.2) is 14.4 Å². The molecule has 1 aromatic carbocycles. The van der Waals surface area contributed by atoms with Gasteiger partial charge in [0.1, 0.15) is 5.82 Å². The van der Waals surface area contributed by atoms with E-state index < -0.39 is 17.6 Å². The maximum Gasteiger partial charge on any atom is 0.419 e. The number of aromatic nitrogens is 2. The Bertz CT molecular complexity index is 653. The first-order chi connectivity index (χ1) is 9.81. The highest BCUT2D eigenvalue weighted by molar-refractivity contribution is 5.62. The summed E-state index contributed by atoms with van der Waals surface area (Å²) in [5.74, 6) is -1.34. The van der Waals surface area contributed by atoms with Gasteiger partial charge < -0.3 is 5.73 Å². The van der Waals surface area contributed by atoms with Gasteiger partial charge in [0.05, 0.1) is 11.3 Å². The van der Waals surface area contributed by atoms with Gasteiger partial charge >= 0.3 is 6.18 Å². The number of alkyl halides is 3. The van der Waals surface area contributed by atoms with Gasteiger partial charge in [-0.2, -0.15) is 13.2 Å². The number of benzene rings is 1. The monoisotopic (exact) mass is 299 g/mol. The topological polar surface area (TPSA) is 51.8 Å². The molecule has 0 bridgehead atoms. The van der Waals surface area contributed by atoms with Gasteiger partial charge in [-0.05, 0) is 30.7 Å². The zero-order valence-corrected chi connectivity index (χ0v) is 11.2. The number of nitrogens with two attached hydrogens (primary N) is 1. The van der Waals surface area contributed by atoms with E-state index in [0.29, 0.717) is 12.1 Å². The summed E-state index contributed by atoms with van der Waals surface area (Å²) in [5, 5.41) is 0. The number of rotatable bonds is 3. The first kappa shape index (κ1) is 15.2. The minimum Gasteiger partial charge on any atom is -0.368 e. The Morgan fingerprint density at radius 2 is 1.86 bits per heavy atom. The molecule has 1 heterocycles. The Morgan fingerprint density at radius 3 is 2.48 bits per heavy atom. The highest BCUT2D eigenvalue weighted by atomic mass is 19.4. The van der Waals surface area contributed by atoms with Crippen LogP contribution in [-0.2, 0) is 12.6 Å². The van der Waals surface area contributed by atoms with E-state index in [1.807, 2.05) is 6.92 Å². The summed E-state index contributed by atoms with van der Waals surface area (Å²) in [6, 6.07) is 4.30. The average Bonchev–Trinajstić information content (AvgIpc) is 2.37. The molecule has 0 spiro atoms. The van der Waals surface area contributed by atoms with Gasteiger partial charge in [-0.3, -0.25) is 0 Å². The van der Waals surface area contributed by atoms with Crippen LogP contribution in [0.15, 0.2) is 24.3 Å². The van der Waals surface area contributed by atoms with Crippen LogP contribution in [0.5, 0.6) is 0 Å². The number of anilines is 1. The minimum absolute atomic E-state index is 0.0196. The Labute approximate surface area is 118 Å². The number of hydrogen-bond acceptors (Lipinski definition) is 3. The van der Waals surface area contributed by atoms with Gasteiger partial charge in [0.15, 0.2) is 0 Å². The summed E-state index contributed by atoms with van der Waals surface area (Å²) in [6.07, 6.45) is -3.31. The molecule has 0 saturated heterocycles. The van der Waals surface area contributed by atoms with E-state index in [1.54, 1.807) is 6.07 Å². The van der Waals surface area contributed by atoms with Crippen LogP contribution in [0, 0.1) is 5.82 Å². The van der Waals surface area contributed by atoms with Crippen LogP contribution >= 0.6 is 0 Å². The molecule has 2 aromatic rings. The van der Waals surface area contributed by atoms with Crippen molar-refractivity contribution in [1.82, 2.24) is 9.97 Å². The number of nitrogen functional groups attached to an aromatic ring is 1. The fraction of sp³-hybridized carbons (Fsp3) is 0.286. The smallest absolute Gasteiger partial charge is 0.368 e. The van der Waals surface area contributed by atoms with E-state index in [2.05, 4.69) is 9.97 Å². The first-order valence-corrected chi connectivity index (χ1v) is 6.32. The summed E-state index contributed by atoms with van der Waals surface area (Å²) in [7, 11) is 0. The lowest BCUT2D eigenvalue weighted by molar-refractivity contribution is -0.139. The molecule has 21 heavy (non-hydrogen) atoms. The van der Waals surface area contributed by atoms with Gasteiger partial charge in [-0.15, -0.1) is 0 Å². The van der Waals surface area contributed by atoms with Crippen LogP contribution in [0.4, 0.5) is 23.5 Å². The zero-order valence-electron chi connectivity index (χ0n) is 11.2. The van der Waals surface area contributed by atoms with Crippen LogP contribution in [0.25, 0.3) is 11.3 Å². The third-order valence-electron chi connectivity index (χ3n) is 2.87. The standard InChI is InChI=1S/C14H13F4N3/c1-2-3-9-7-12(21-13(19)20-9)8-4-5-11(15)10(6-8)14(16,17)18/h4-7H,2-3H2,1H3,(H2,19,20,21). The van der Waals surface area contributed by atoms with E-state index >= 15 is 0 Å². The summed E-state index contributed by atoms with van der Waals surface area (Å²) in [6.45, 7) is 1.94. The van der Waals surface area contributed by atoms with Crippen molar-refractivity contribution >= 4 is 5.95 Å². The zero-order chi connectivity index (χ0) is 15.6. The summed E-state index contributed by atoms with van der Waals surface area (Å²) >= 11 is 0. The average molecular weight is 299 g/mol. The largest absolute Gasteiger partial charge is 0.419 e. The van der Waals surface area contributed by atoms with Gasteiger partial charge in [-0.1, -0.05) is 13.3 Å². The van der Waals surface area contributed by atoms with Crippen molar-refractivity contribution in [1.29, 1.82) is 0 Å². The highest BCUT2D eigenvalue weighted by Gasteiger charge is 2.34. The Kier molecular flexibility index (Phi) is 4.11. The lowest BCUT2D eigenvalue weighted by Gasteiger charge is -2.10. The lowest BCUT2D eigenvalue weighted by Crippen LogP contribution is -2.08. The van der Waals surface area contributed by atoms with Gasteiger partial charge in [0.25, 0.3) is 0 Å². The Balaban J connectivity index is 2.52. The molecule has 0 saturated carbocycles. The van der Waals surface area contributed by atoms with Crippen LogP contribution in [0.1, 0.15) is 24.6 Å². The molecule has 0 fully saturated rings. The number of aryl methyl sites for hydroxylation is 1. The van der Waals surface area contributed by atoms with Crippen LogP contribution in [0.2, 0.25) is 0 Å². The van der Waals surface area contributed by atoms with Crippen molar-refractivity contribution in [3.8, 4) is 11.3 Å². The Morgan fingerprint density at radius 1 is 1.14 bits per heavy atom. The number of nitrogens with zero attached hydrogens (tertiary/aromatic N) is 2. The van der Waals surface area contributed by atoms with Crippen molar-refractivity contribution in [2.24, 2.45) is 0 Å². The quantitative estimate of drug-likeness (QED) is 0.876. The molecule has 0 aliphatic carbocycles. The summed E-state index contributed by atoms with van der Waals surface area (Å²) in [4.78, 5) is 7.92. The van der Waals surface area contributed by atoms with Crippen molar-refractivity contribution in [3.63, 3.8) is 0 Å². The summed E-state index contributed by atoms with van der Waals surface area (Å²) in [5.41, 5.74) is 5.27. The second-order valence-electron chi connectivity index (χ2n) is 4.55. The van der Waals surface area contributed by atoms with Crippen molar-refractivity contribution in [2.75, 3.05) is 5.73 Å². The van der Waals surface area contributed by atoms with Crippen LogP contribution < -0.4 is 5.73 Å². The molecule has 0 amide bonds. The normalized spacial score (nSPS) is 11.7. The molecule has 3 nitrogen and oxygen atoms in total. The second-order valence-corrected chi connectivity index (χ2v) is 4.55. The van der Waals surface area contributed by atoms with Crippen molar-refractivity contribution in [3.05, 3.63) is 41.3 Å². The maximum atomic E-state index is 13.3. The Hall–Kier alpha value is -2.18. The van der Waals surface area contributed by atoms with Crippen molar-refractivity contribution < 1.29 is 17.6 Å². The molecule has 112 valence electrons. The molecule has 0 aliphatic heterocycles. The molecule has 0 unspecified atom stereocenters. The van der Waals surface area contributed by atoms with E-state index in [1.165, 1.54) is 6.07 Å². The second kappa shape index (κ2) is 5.67. The molecule has 1 aromatic heterocycles. The predicted octanol–water partition coefficient (Wildman–Crippen LogP) is 3.84. The third-order valence-corrected chi connectivity index (χ3v) is 2.87. The first-order valence-electron chi connectivity index (χ1n) is 6.32. The van der Waals surface area contributed by atoms with Crippen LogP contribution in [-0.4, -0.2) is 9.97 Å². The molecule has 0 aliphatic rings. The molecule has 0 radical (unpaired) electrons. The molecule has 2 rings (SSSR count). The highest BCUT2D eigenvalue weighted by Crippen LogP contribution is 2.34. The predicted molar refractivity (Wildman–Crippen MR) is 70.8 cm³/mol. The SMILES string of the molecule is CCCc1cc(-c2ccc(F)c(C(F)(F)F)c2)nc(N)n1. The van der Waals surface area contributed by atoms with Crippen LogP contribution in [0.3, 0.4) is 0 Å². The van der Waals surface area contributed by atoms with E-state index in [4.69, 9.17) is 5.73 Å². The lowest BCUT2D eigenvalue weighted by atomic mass is 10.1. The third kappa shape index (κ3) is 3.48. The van der Waals surface area contributed by atoms with E-state index in [9.17, 15) is 17.6 Å². The van der Waals surface area contributed by atoms with Gasteiger partial charge in [0, 0.05) is 11.3 Å². The van der Waals surface area contributed by atoms with Gasteiger partial charge in [0.2, 0.25) is 5.95 Å². The molecular weight excluding hydrogens is 286 g/mol. The van der Waals surface area contributed by atoms with E-state index in [-0.39, 0.29) is 17.2 Å². The van der Waals surface area contributed by atoms with E-state index in [0.717, 1.165) is 18.6 Å². The van der Waals surface area contributed by atoms with Crippen molar-refractivity contribution in [2.45, 2.75) is 25.9 Å². The number of hydrogen-bond donors (Lipinski definition) is 1. The minimum atomic E-state index is -4.76. The maximum absolute atomic E-state index is 13.3. The molecule has 7 heteroatoms. The number of halogens is 4. The molecule has 0 atom stereocenters. The molecular formula is C14H13F4N3. The summed E-state index contributed by atoms with van der Waals surface area (Å²) < 4.78 is 51.5. The molecule has 2 N–H and O–H groups in total.